The number of benzene rings is 1. The Morgan fingerprint density at radius 3 is 2.92 bits per heavy atom. The van der Waals surface area contributed by atoms with Crippen LogP contribution in [0.4, 0.5) is 0 Å². The highest BCUT2D eigenvalue weighted by Crippen LogP contribution is 2.36. The van der Waals surface area contributed by atoms with Gasteiger partial charge in [-0.3, -0.25) is 9.78 Å². The number of aromatic nitrogens is 2. The lowest BCUT2D eigenvalue weighted by Gasteiger charge is -2.08. The van der Waals surface area contributed by atoms with Gasteiger partial charge in [-0.05, 0) is 18.2 Å². The lowest BCUT2D eigenvalue weighted by molar-refractivity contribution is 0.0953. The fourth-order valence-electron chi connectivity index (χ4n) is 2.72. The van der Waals surface area contributed by atoms with Crippen molar-refractivity contribution in [2.45, 2.75) is 6.42 Å². The maximum atomic E-state index is 12.5. The van der Waals surface area contributed by atoms with Crippen LogP contribution in [0.15, 0.2) is 42.7 Å². The van der Waals surface area contributed by atoms with Gasteiger partial charge in [0.25, 0.3) is 5.91 Å². The molecule has 25 heavy (non-hydrogen) atoms. The van der Waals surface area contributed by atoms with E-state index in [0.29, 0.717) is 34.5 Å². The minimum absolute atomic E-state index is 0.194. The van der Waals surface area contributed by atoms with Crippen LogP contribution in [-0.4, -0.2) is 29.2 Å². The SMILES string of the molecule is O=C(NCCc1ccccn1)c1c[nH]c2cc3c(cc2c1=S)OCO3. The Kier molecular flexibility index (Phi) is 4.07. The number of rotatable bonds is 4. The Balaban J connectivity index is 1.54. The number of H-pyrrole nitrogens is 1. The van der Waals surface area contributed by atoms with E-state index < -0.39 is 0 Å². The highest BCUT2D eigenvalue weighted by atomic mass is 32.1. The van der Waals surface area contributed by atoms with E-state index in [9.17, 15) is 4.79 Å². The Hall–Kier alpha value is -2.93. The Bertz CT molecular complexity index is 1000. The number of ether oxygens (including phenoxy) is 2. The van der Waals surface area contributed by atoms with Gasteiger partial charge < -0.3 is 19.8 Å². The van der Waals surface area contributed by atoms with Crippen molar-refractivity contribution in [3.63, 3.8) is 0 Å². The molecule has 0 fully saturated rings. The van der Waals surface area contributed by atoms with Gasteiger partial charge >= 0.3 is 0 Å². The molecule has 0 unspecified atom stereocenters. The number of nitrogens with one attached hydrogen (secondary N) is 2. The number of pyridine rings is 2. The zero-order valence-corrected chi connectivity index (χ0v) is 14.1. The van der Waals surface area contributed by atoms with Crippen molar-refractivity contribution in [1.29, 1.82) is 0 Å². The predicted octanol–water partition coefficient (Wildman–Crippen LogP) is 2.99. The molecule has 0 saturated heterocycles. The zero-order valence-electron chi connectivity index (χ0n) is 13.2. The molecule has 0 atom stereocenters. The number of hydrogen-bond acceptors (Lipinski definition) is 5. The first-order chi connectivity index (χ1) is 12.2. The average molecular weight is 353 g/mol. The molecule has 6 nitrogen and oxygen atoms in total. The zero-order chi connectivity index (χ0) is 17.2. The molecule has 0 spiro atoms. The van der Waals surface area contributed by atoms with Crippen molar-refractivity contribution in [2.75, 3.05) is 13.3 Å². The van der Waals surface area contributed by atoms with Gasteiger partial charge in [-0.15, -0.1) is 0 Å². The van der Waals surface area contributed by atoms with E-state index in [-0.39, 0.29) is 12.7 Å². The fourth-order valence-corrected chi connectivity index (χ4v) is 3.04. The van der Waals surface area contributed by atoms with Crippen LogP contribution in [0.5, 0.6) is 11.5 Å². The van der Waals surface area contributed by atoms with Crippen LogP contribution < -0.4 is 14.8 Å². The molecule has 2 aromatic heterocycles. The molecule has 7 heteroatoms. The van der Waals surface area contributed by atoms with Crippen molar-refractivity contribution in [3.8, 4) is 11.5 Å². The van der Waals surface area contributed by atoms with Crippen molar-refractivity contribution in [1.82, 2.24) is 15.3 Å². The van der Waals surface area contributed by atoms with Crippen LogP contribution in [0.25, 0.3) is 10.9 Å². The summed E-state index contributed by atoms with van der Waals surface area (Å²) in [6.45, 7) is 0.684. The Morgan fingerprint density at radius 2 is 2.12 bits per heavy atom. The van der Waals surface area contributed by atoms with Crippen molar-refractivity contribution < 1.29 is 14.3 Å². The fraction of sp³-hybridized carbons (Fsp3) is 0.167. The second-order valence-corrected chi connectivity index (χ2v) is 6.02. The molecule has 0 bridgehead atoms. The molecule has 0 aliphatic carbocycles. The summed E-state index contributed by atoms with van der Waals surface area (Å²) in [6, 6.07) is 9.35. The van der Waals surface area contributed by atoms with Crippen molar-refractivity contribution in [2.24, 2.45) is 0 Å². The third-order valence-electron chi connectivity index (χ3n) is 4.01. The minimum Gasteiger partial charge on any atom is -0.454 e. The summed E-state index contributed by atoms with van der Waals surface area (Å²) >= 11 is 5.50. The number of aromatic amines is 1. The second kappa shape index (κ2) is 6.52. The Labute approximate surface area is 148 Å². The lowest BCUT2D eigenvalue weighted by Crippen LogP contribution is -2.26. The summed E-state index contributed by atoms with van der Waals surface area (Å²) in [5.74, 6) is 1.10. The van der Waals surface area contributed by atoms with Gasteiger partial charge in [-0.25, -0.2) is 0 Å². The van der Waals surface area contributed by atoms with E-state index >= 15 is 0 Å². The molecule has 1 aromatic carbocycles. The highest BCUT2D eigenvalue weighted by molar-refractivity contribution is 7.71. The summed E-state index contributed by atoms with van der Waals surface area (Å²) in [5.41, 5.74) is 2.17. The van der Waals surface area contributed by atoms with E-state index in [1.54, 1.807) is 18.5 Å². The first kappa shape index (κ1) is 15.6. The first-order valence-corrected chi connectivity index (χ1v) is 8.26. The van der Waals surface area contributed by atoms with Crippen LogP contribution in [0.1, 0.15) is 16.1 Å². The van der Waals surface area contributed by atoms with Crippen LogP contribution in [0.2, 0.25) is 0 Å². The first-order valence-electron chi connectivity index (χ1n) is 7.85. The topological polar surface area (TPSA) is 76.2 Å². The molecule has 1 amide bonds. The third kappa shape index (κ3) is 3.06. The van der Waals surface area contributed by atoms with Gasteiger partial charge in [0.1, 0.15) is 0 Å². The summed E-state index contributed by atoms with van der Waals surface area (Å²) in [7, 11) is 0. The predicted molar refractivity (Wildman–Crippen MR) is 95.5 cm³/mol. The van der Waals surface area contributed by atoms with Gasteiger partial charge in [-0.2, -0.15) is 0 Å². The molecule has 1 aliphatic heterocycles. The average Bonchev–Trinajstić information content (AvgIpc) is 3.09. The summed E-state index contributed by atoms with van der Waals surface area (Å²) < 4.78 is 11.2. The molecule has 1 aliphatic rings. The normalized spacial score (nSPS) is 12.3. The van der Waals surface area contributed by atoms with E-state index in [0.717, 1.165) is 16.6 Å². The minimum atomic E-state index is -0.211. The van der Waals surface area contributed by atoms with Gasteiger partial charge in [0.05, 0.1) is 15.6 Å². The number of hydrogen-bond donors (Lipinski definition) is 2. The maximum absolute atomic E-state index is 12.5. The number of nitrogens with zero attached hydrogens (tertiary/aromatic N) is 1. The van der Waals surface area contributed by atoms with Crippen LogP contribution in [-0.2, 0) is 6.42 Å². The van der Waals surface area contributed by atoms with Crippen molar-refractivity contribution >= 4 is 29.0 Å². The Morgan fingerprint density at radius 1 is 1.28 bits per heavy atom. The molecule has 3 heterocycles. The summed E-state index contributed by atoms with van der Waals surface area (Å²) in [5, 5.41) is 3.64. The molecule has 126 valence electrons. The molecule has 0 saturated carbocycles. The van der Waals surface area contributed by atoms with Gasteiger partial charge in [0.2, 0.25) is 6.79 Å². The van der Waals surface area contributed by atoms with Gasteiger partial charge in [0, 0.05) is 42.5 Å². The molecule has 3 aromatic rings. The summed E-state index contributed by atoms with van der Waals surface area (Å²) in [4.78, 5) is 19.8. The monoisotopic (exact) mass is 353 g/mol. The van der Waals surface area contributed by atoms with E-state index in [4.69, 9.17) is 21.7 Å². The third-order valence-corrected chi connectivity index (χ3v) is 4.45. The van der Waals surface area contributed by atoms with E-state index in [1.807, 2.05) is 24.3 Å². The largest absolute Gasteiger partial charge is 0.454 e. The van der Waals surface area contributed by atoms with E-state index in [1.165, 1.54) is 0 Å². The van der Waals surface area contributed by atoms with Crippen LogP contribution in [0.3, 0.4) is 0 Å². The maximum Gasteiger partial charge on any atom is 0.254 e. The molecule has 4 rings (SSSR count). The van der Waals surface area contributed by atoms with Crippen LogP contribution in [0, 0.1) is 4.51 Å². The molecule has 2 N–H and O–H groups in total. The molecular weight excluding hydrogens is 338 g/mol. The van der Waals surface area contributed by atoms with E-state index in [2.05, 4.69) is 15.3 Å². The molecule has 0 radical (unpaired) electrons. The van der Waals surface area contributed by atoms with Gasteiger partial charge in [-0.1, -0.05) is 18.3 Å². The second-order valence-electron chi connectivity index (χ2n) is 5.61. The number of fused-ring (bicyclic) bond motifs is 2. The molecular formula is C18H15N3O3S. The number of carbonyl (C=O) groups is 1. The number of amides is 1. The quantitative estimate of drug-likeness (QED) is 0.705. The van der Waals surface area contributed by atoms with Crippen LogP contribution >= 0.6 is 12.2 Å². The summed E-state index contributed by atoms with van der Waals surface area (Å²) in [6.07, 6.45) is 4.03. The van der Waals surface area contributed by atoms with Crippen molar-refractivity contribution in [3.05, 3.63) is 58.5 Å². The lowest BCUT2D eigenvalue weighted by atomic mass is 10.1. The standard InChI is InChI=1S/C18H15N3O3S/c22-18(20-6-4-11-3-1-2-5-19-11)13-9-21-14-8-16-15(23-10-24-16)7-12(14)17(13)25/h1-3,5,7-9H,4,6,10H2,(H,20,22)(H,21,25). The number of carbonyl (C=O) groups excluding carboxylic acids is 1. The highest BCUT2D eigenvalue weighted by Gasteiger charge is 2.17. The van der Waals surface area contributed by atoms with Gasteiger partial charge in [0.15, 0.2) is 11.5 Å². The smallest absolute Gasteiger partial charge is 0.254 e.